The van der Waals surface area contributed by atoms with Crippen LogP contribution in [0.15, 0.2) is 59.7 Å². The molecule has 0 saturated carbocycles. The van der Waals surface area contributed by atoms with Gasteiger partial charge in [-0.25, -0.2) is 0 Å². The van der Waals surface area contributed by atoms with Gasteiger partial charge < -0.3 is 14.8 Å². The minimum atomic E-state index is -0.414. The van der Waals surface area contributed by atoms with Gasteiger partial charge in [-0.1, -0.05) is 72.8 Å². The zero-order valence-electron chi connectivity index (χ0n) is 18.6. The summed E-state index contributed by atoms with van der Waals surface area (Å²) in [6.45, 7) is 3.20. The van der Waals surface area contributed by atoms with Crippen molar-refractivity contribution in [2.24, 2.45) is 0 Å². The molecule has 0 radical (unpaired) electrons. The van der Waals surface area contributed by atoms with E-state index in [-0.39, 0.29) is 12.0 Å². The van der Waals surface area contributed by atoms with E-state index in [1.807, 2.05) is 24.3 Å². The molecule has 0 fully saturated rings. The van der Waals surface area contributed by atoms with Gasteiger partial charge in [0.15, 0.2) is 5.62 Å². The second-order valence-corrected chi connectivity index (χ2v) is 8.49. The summed E-state index contributed by atoms with van der Waals surface area (Å²) in [6.07, 6.45) is 12.2. The predicted octanol–water partition coefficient (Wildman–Crippen LogP) is 4.41. The van der Waals surface area contributed by atoms with Crippen molar-refractivity contribution >= 4 is 23.3 Å². The van der Waals surface area contributed by atoms with Gasteiger partial charge >= 0.3 is 0 Å². The minimum absolute atomic E-state index is 0.00651. The van der Waals surface area contributed by atoms with Crippen molar-refractivity contribution in [2.45, 2.75) is 50.6 Å². The average molecular weight is 444 g/mol. The zero-order chi connectivity index (χ0) is 22.5. The maximum Gasteiger partial charge on any atom is 0.233 e. The fraction of sp³-hybridized carbons (Fsp3) is 0.440. The number of hydrogen-bond donors (Lipinski definition) is 1. The standard InChI is InChI=1S/C25H33NO4S/c1-4-19-6-5-7-20(9-8-19)14-23(29-3)17-30-16-22-12-10-21(11-13-22)15-24(31-18-27)25(28)26-2/h5-7,9-13,18,23-24H,4,8,14-17H2,1-3H3,(H,26,28). The van der Waals surface area contributed by atoms with Gasteiger partial charge in [0.05, 0.1) is 24.6 Å². The van der Waals surface area contributed by atoms with Crippen LogP contribution in [-0.2, 0) is 32.1 Å². The van der Waals surface area contributed by atoms with E-state index in [1.165, 1.54) is 11.1 Å². The molecule has 2 unspecified atom stereocenters. The Bertz CT molecular complexity index is 798. The van der Waals surface area contributed by atoms with Crippen LogP contribution in [0.4, 0.5) is 0 Å². The van der Waals surface area contributed by atoms with E-state index in [9.17, 15) is 9.59 Å². The number of carbonyl (C=O) groups excluding carboxylic acids is 2. The molecule has 1 N–H and O–H groups in total. The predicted molar refractivity (Wildman–Crippen MR) is 128 cm³/mol. The highest BCUT2D eigenvalue weighted by molar-refractivity contribution is 8.13. The average Bonchev–Trinajstić information content (AvgIpc) is 3.03. The summed E-state index contributed by atoms with van der Waals surface area (Å²) in [4.78, 5) is 22.7. The van der Waals surface area contributed by atoms with Crippen molar-refractivity contribution in [3.8, 4) is 0 Å². The van der Waals surface area contributed by atoms with Gasteiger partial charge in [-0.2, -0.15) is 0 Å². The molecule has 0 aromatic heterocycles. The summed E-state index contributed by atoms with van der Waals surface area (Å²) >= 11 is 1.00. The Hall–Kier alpha value is -2.15. The van der Waals surface area contributed by atoms with Crippen LogP contribution >= 0.6 is 11.8 Å². The van der Waals surface area contributed by atoms with Crippen LogP contribution < -0.4 is 5.32 Å². The molecule has 1 aliphatic rings. The molecule has 1 amide bonds. The fourth-order valence-electron chi connectivity index (χ4n) is 3.32. The highest BCUT2D eigenvalue weighted by Crippen LogP contribution is 2.19. The highest BCUT2D eigenvalue weighted by atomic mass is 32.2. The first-order valence-electron chi connectivity index (χ1n) is 10.6. The molecule has 0 heterocycles. The molecule has 0 bridgehead atoms. The van der Waals surface area contributed by atoms with E-state index in [0.717, 1.165) is 42.2 Å². The summed E-state index contributed by atoms with van der Waals surface area (Å²) in [5, 5.41) is 2.19. The van der Waals surface area contributed by atoms with Gasteiger partial charge in [-0.3, -0.25) is 9.59 Å². The molecule has 0 spiro atoms. The number of ether oxygens (including phenoxy) is 2. The number of hydrogen-bond acceptors (Lipinski definition) is 5. The number of carbonyl (C=O) groups is 2. The maximum absolute atomic E-state index is 11.9. The maximum atomic E-state index is 11.9. The third-order valence-electron chi connectivity index (χ3n) is 5.29. The van der Waals surface area contributed by atoms with E-state index in [0.29, 0.717) is 25.3 Å². The van der Waals surface area contributed by atoms with Crippen molar-refractivity contribution in [3.63, 3.8) is 0 Å². The number of thioether (sulfide) groups is 1. The molecular weight excluding hydrogens is 410 g/mol. The number of benzene rings is 1. The second kappa shape index (κ2) is 14.0. The van der Waals surface area contributed by atoms with Crippen molar-refractivity contribution in [2.75, 3.05) is 20.8 Å². The van der Waals surface area contributed by atoms with E-state index in [2.05, 4.69) is 36.5 Å². The summed E-state index contributed by atoms with van der Waals surface area (Å²) in [5.41, 5.74) is 5.50. The third kappa shape index (κ3) is 8.85. The van der Waals surface area contributed by atoms with Crippen LogP contribution in [0.2, 0.25) is 0 Å². The Morgan fingerprint density at radius 1 is 1.23 bits per heavy atom. The SMILES string of the molecule is CCC1=CC=CC(CC(COCc2ccc(CC(SC=O)C(=O)NC)cc2)OC)=CC1. The number of methoxy groups -OCH3 is 1. The Balaban J connectivity index is 1.81. The molecule has 168 valence electrons. The van der Waals surface area contributed by atoms with Crippen molar-refractivity contribution in [3.05, 3.63) is 70.8 Å². The van der Waals surface area contributed by atoms with E-state index in [4.69, 9.17) is 9.47 Å². The van der Waals surface area contributed by atoms with Crippen LogP contribution in [0.3, 0.4) is 0 Å². The lowest BCUT2D eigenvalue weighted by Gasteiger charge is -2.16. The lowest BCUT2D eigenvalue weighted by Crippen LogP contribution is -2.31. The number of amides is 1. The summed E-state index contributed by atoms with van der Waals surface area (Å²) in [5.74, 6) is -0.143. The molecule has 1 aromatic carbocycles. The van der Waals surface area contributed by atoms with Gasteiger partial charge in [0.2, 0.25) is 5.91 Å². The van der Waals surface area contributed by atoms with E-state index < -0.39 is 5.25 Å². The number of nitrogens with one attached hydrogen (secondary N) is 1. The van der Waals surface area contributed by atoms with Gasteiger partial charge in [-0.15, -0.1) is 0 Å². The summed E-state index contributed by atoms with van der Waals surface area (Å²) in [6, 6.07) is 7.96. The first kappa shape index (κ1) is 25.1. The first-order valence-corrected chi connectivity index (χ1v) is 11.6. The smallest absolute Gasteiger partial charge is 0.233 e. The van der Waals surface area contributed by atoms with Crippen molar-refractivity contribution < 1.29 is 19.1 Å². The normalized spacial score (nSPS) is 15.5. The van der Waals surface area contributed by atoms with E-state index in [1.54, 1.807) is 14.2 Å². The monoisotopic (exact) mass is 443 g/mol. The van der Waals surface area contributed by atoms with Crippen molar-refractivity contribution in [1.29, 1.82) is 0 Å². The Labute approximate surface area is 190 Å². The zero-order valence-corrected chi connectivity index (χ0v) is 19.5. The first-order chi connectivity index (χ1) is 15.1. The molecule has 6 heteroatoms. The van der Waals surface area contributed by atoms with Crippen molar-refractivity contribution in [1.82, 2.24) is 5.32 Å². The van der Waals surface area contributed by atoms with E-state index >= 15 is 0 Å². The summed E-state index contributed by atoms with van der Waals surface area (Å²) in [7, 11) is 3.30. The van der Waals surface area contributed by atoms with Crippen LogP contribution in [0.5, 0.6) is 0 Å². The molecular formula is C25H33NO4S. The van der Waals surface area contributed by atoms with Gasteiger partial charge in [0.1, 0.15) is 0 Å². The Morgan fingerprint density at radius 2 is 1.97 bits per heavy atom. The lowest BCUT2D eigenvalue weighted by atomic mass is 10.1. The van der Waals surface area contributed by atoms with Gasteiger partial charge in [-0.05, 0) is 36.0 Å². The molecule has 2 atom stereocenters. The molecule has 1 aromatic rings. The molecule has 5 nitrogen and oxygen atoms in total. The topological polar surface area (TPSA) is 64.6 Å². The minimum Gasteiger partial charge on any atom is -0.379 e. The molecule has 2 rings (SSSR count). The quantitative estimate of drug-likeness (QED) is 0.458. The molecule has 0 saturated heterocycles. The fourth-order valence-corrected chi connectivity index (χ4v) is 3.98. The molecule has 31 heavy (non-hydrogen) atoms. The summed E-state index contributed by atoms with van der Waals surface area (Å²) < 4.78 is 11.5. The third-order valence-corrected chi connectivity index (χ3v) is 6.12. The highest BCUT2D eigenvalue weighted by Gasteiger charge is 2.18. The van der Waals surface area contributed by atoms with Gasteiger partial charge in [0, 0.05) is 20.6 Å². The largest absolute Gasteiger partial charge is 0.379 e. The molecule has 0 aliphatic heterocycles. The van der Waals surface area contributed by atoms with Gasteiger partial charge in [0.25, 0.3) is 0 Å². The van der Waals surface area contributed by atoms with Crippen LogP contribution in [0.1, 0.15) is 37.3 Å². The number of allylic oxidation sites excluding steroid dienone is 5. The Morgan fingerprint density at radius 3 is 2.61 bits per heavy atom. The second-order valence-electron chi connectivity index (χ2n) is 7.45. The van der Waals surface area contributed by atoms with Crippen LogP contribution in [0.25, 0.3) is 0 Å². The van der Waals surface area contributed by atoms with Crippen LogP contribution in [-0.4, -0.2) is 43.6 Å². The lowest BCUT2D eigenvalue weighted by molar-refractivity contribution is -0.120. The molecule has 1 aliphatic carbocycles. The number of rotatable bonds is 13. The van der Waals surface area contributed by atoms with Crippen LogP contribution in [0, 0.1) is 0 Å². The Kier molecular flexibility index (Phi) is 11.4.